The van der Waals surface area contributed by atoms with Gasteiger partial charge in [-0.25, -0.2) is 4.68 Å². The van der Waals surface area contributed by atoms with Crippen LogP contribution in [0.4, 0.5) is 5.69 Å². The van der Waals surface area contributed by atoms with Crippen LogP contribution in [0, 0.1) is 0 Å². The standard InChI is InChI=1S/C18H17N3O3/c1-23-16-9-6-14(12-17(16)24-2)20-18(22)13-4-7-15(8-5-13)21-11-3-10-19-21/h3-12H,1-2H3,(H,20,22). The van der Waals surface area contributed by atoms with Gasteiger partial charge in [-0.3, -0.25) is 4.79 Å². The lowest BCUT2D eigenvalue weighted by atomic mass is 10.2. The number of nitrogens with one attached hydrogen (secondary N) is 1. The van der Waals surface area contributed by atoms with Gasteiger partial charge in [-0.15, -0.1) is 0 Å². The van der Waals surface area contributed by atoms with Crippen molar-refractivity contribution in [1.29, 1.82) is 0 Å². The maximum atomic E-state index is 12.4. The molecule has 3 aromatic rings. The second-order valence-electron chi connectivity index (χ2n) is 5.02. The summed E-state index contributed by atoms with van der Waals surface area (Å²) in [5.74, 6) is 0.970. The van der Waals surface area contributed by atoms with Gasteiger partial charge in [-0.05, 0) is 42.5 Å². The van der Waals surface area contributed by atoms with Crippen molar-refractivity contribution in [3.8, 4) is 17.2 Å². The van der Waals surface area contributed by atoms with Crippen molar-refractivity contribution in [1.82, 2.24) is 9.78 Å². The molecule has 0 fully saturated rings. The maximum absolute atomic E-state index is 12.4. The number of nitrogens with zero attached hydrogens (tertiary/aromatic N) is 2. The fourth-order valence-corrected chi connectivity index (χ4v) is 2.30. The molecule has 0 atom stereocenters. The fraction of sp³-hybridized carbons (Fsp3) is 0.111. The zero-order valence-electron chi connectivity index (χ0n) is 13.4. The first kappa shape index (κ1) is 15.6. The first-order chi connectivity index (χ1) is 11.7. The third-order valence-electron chi connectivity index (χ3n) is 3.54. The Labute approximate surface area is 139 Å². The van der Waals surface area contributed by atoms with Gasteiger partial charge in [-0.1, -0.05) is 0 Å². The van der Waals surface area contributed by atoms with Crippen molar-refractivity contribution in [2.75, 3.05) is 19.5 Å². The van der Waals surface area contributed by atoms with Crippen LogP contribution < -0.4 is 14.8 Å². The summed E-state index contributed by atoms with van der Waals surface area (Å²) in [5, 5.41) is 7.00. The van der Waals surface area contributed by atoms with Crippen LogP contribution in [0.25, 0.3) is 5.69 Å². The van der Waals surface area contributed by atoms with E-state index in [-0.39, 0.29) is 5.91 Å². The van der Waals surface area contributed by atoms with E-state index in [2.05, 4.69) is 10.4 Å². The van der Waals surface area contributed by atoms with Gasteiger partial charge in [0.25, 0.3) is 5.91 Å². The van der Waals surface area contributed by atoms with Gasteiger partial charge in [0.15, 0.2) is 11.5 Å². The highest BCUT2D eigenvalue weighted by Crippen LogP contribution is 2.29. The predicted octanol–water partition coefficient (Wildman–Crippen LogP) is 3.14. The molecule has 0 aliphatic carbocycles. The number of methoxy groups -OCH3 is 2. The second kappa shape index (κ2) is 6.87. The molecule has 6 nitrogen and oxygen atoms in total. The van der Waals surface area contributed by atoms with Gasteiger partial charge in [0.1, 0.15) is 0 Å². The first-order valence-electron chi connectivity index (χ1n) is 7.34. The molecule has 0 radical (unpaired) electrons. The molecule has 1 heterocycles. The fourth-order valence-electron chi connectivity index (χ4n) is 2.30. The summed E-state index contributed by atoms with van der Waals surface area (Å²) in [4.78, 5) is 12.4. The highest BCUT2D eigenvalue weighted by atomic mass is 16.5. The molecule has 1 amide bonds. The third kappa shape index (κ3) is 3.22. The molecule has 0 saturated heterocycles. The lowest BCUT2D eigenvalue weighted by molar-refractivity contribution is 0.102. The van der Waals surface area contributed by atoms with Crippen molar-refractivity contribution >= 4 is 11.6 Å². The number of aromatic nitrogens is 2. The molecule has 0 spiro atoms. The van der Waals surface area contributed by atoms with Crippen LogP contribution in [-0.2, 0) is 0 Å². The van der Waals surface area contributed by atoms with Gasteiger partial charge in [0.05, 0.1) is 19.9 Å². The number of hydrogen-bond acceptors (Lipinski definition) is 4. The molecule has 0 aliphatic rings. The average molecular weight is 323 g/mol. The minimum atomic E-state index is -0.200. The number of carbonyl (C=O) groups is 1. The Bertz CT molecular complexity index is 827. The van der Waals surface area contributed by atoms with Crippen molar-refractivity contribution in [3.05, 3.63) is 66.5 Å². The summed E-state index contributed by atoms with van der Waals surface area (Å²) in [5.41, 5.74) is 2.08. The lowest BCUT2D eigenvalue weighted by Crippen LogP contribution is -2.12. The van der Waals surface area contributed by atoms with Crippen LogP contribution in [-0.4, -0.2) is 29.9 Å². The van der Waals surface area contributed by atoms with Crippen LogP contribution in [0.15, 0.2) is 60.9 Å². The molecule has 24 heavy (non-hydrogen) atoms. The minimum Gasteiger partial charge on any atom is -0.493 e. The molecule has 3 rings (SSSR count). The summed E-state index contributed by atoms with van der Waals surface area (Å²) >= 11 is 0. The molecule has 0 aliphatic heterocycles. The van der Waals surface area contributed by atoms with E-state index >= 15 is 0 Å². The average Bonchev–Trinajstić information content (AvgIpc) is 3.16. The van der Waals surface area contributed by atoms with E-state index in [4.69, 9.17) is 9.47 Å². The molecule has 1 N–H and O–H groups in total. The van der Waals surface area contributed by atoms with Crippen molar-refractivity contribution in [2.24, 2.45) is 0 Å². The van der Waals surface area contributed by atoms with E-state index in [1.807, 2.05) is 24.4 Å². The van der Waals surface area contributed by atoms with Gasteiger partial charge in [0, 0.05) is 29.7 Å². The number of hydrogen-bond donors (Lipinski definition) is 1. The quantitative estimate of drug-likeness (QED) is 0.783. The van der Waals surface area contributed by atoms with E-state index in [0.717, 1.165) is 5.69 Å². The molecule has 2 aromatic carbocycles. The minimum absolute atomic E-state index is 0.200. The van der Waals surface area contributed by atoms with Crippen LogP contribution in [0.1, 0.15) is 10.4 Å². The summed E-state index contributed by atoms with van der Waals surface area (Å²) in [6, 6.07) is 14.3. The Morgan fingerprint density at radius 2 is 1.79 bits per heavy atom. The smallest absolute Gasteiger partial charge is 0.255 e. The molecule has 122 valence electrons. The number of carbonyl (C=O) groups excluding carboxylic acids is 1. The predicted molar refractivity (Wildman–Crippen MR) is 91.1 cm³/mol. The first-order valence-corrected chi connectivity index (χ1v) is 7.34. The van der Waals surface area contributed by atoms with Gasteiger partial charge in [-0.2, -0.15) is 5.10 Å². The largest absolute Gasteiger partial charge is 0.493 e. The normalized spacial score (nSPS) is 10.2. The maximum Gasteiger partial charge on any atom is 0.255 e. The Morgan fingerprint density at radius 3 is 2.42 bits per heavy atom. The Balaban J connectivity index is 1.75. The van der Waals surface area contributed by atoms with Gasteiger partial charge < -0.3 is 14.8 Å². The highest BCUT2D eigenvalue weighted by molar-refractivity contribution is 6.04. The number of rotatable bonds is 5. The van der Waals surface area contributed by atoms with Crippen LogP contribution in [0.2, 0.25) is 0 Å². The SMILES string of the molecule is COc1ccc(NC(=O)c2ccc(-n3cccn3)cc2)cc1OC. The molecular weight excluding hydrogens is 306 g/mol. The van der Waals surface area contributed by atoms with E-state index < -0.39 is 0 Å². The lowest BCUT2D eigenvalue weighted by Gasteiger charge is -2.11. The number of anilines is 1. The Hall–Kier alpha value is -3.28. The molecule has 1 aromatic heterocycles. The summed E-state index contributed by atoms with van der Waals surface area (Å²) in [6.07, 6.45) is 3.55. The zero-order valence-corrected chi connectivity index (χ0v) is 13.4. The summed E-state index contributed by atoms with van der Waals surface area (Å²) < 4.78 is 12.2. The number of benzene rings is 2. The third-order valence-corrected chi connectivity index (χ3v) is 3.54. The van der Waals surface area contributed by atoms with Crippen LogP contribution in [0.5, 0.6) is 11.5 Å². The number of ether oxygens (including phenoxy) is 2. The second-order valence-corrected chi connectivity index (χ2v) is 5.02. The van der Waals surface area contributed by atoms with E-state index in [9.17, 15) is 4.79 Å². The molecule has 0 saturated carbocycles. The van der Waals surface area contributed by atoms with Crippen molar-refractivity contribution in [2.45, 2.75) is 0 Å². The van der Waals surface area contributed by atoms with Crippen LogP contribution in [0.3, 0.4) is 0 Å². The monoisotopic (exact) mass is 323 g/mol. The van der Waals surface area contributed by atoms with Crippen molar-refractivity contribution in [3.63, 3.8) is 0 Å². The highest BCUT2D eigenvalue weighted by Gasteiger charge is 2.09. The van der Waals surface area contributed by atoms with E-state index in [1.165, 1.54) is 0 Å². The Kier molecular flexibility index (Phi) is 4.47. The molecule has 0 unspecified atom stereocenters. The molecule has 0 bridgehead atoms. The van der Waals surface area contributed by atoms with Gasteiger partial charge >= 0.3 is 0 Å². The Morgan fingerprint density at radius 1 is 1.04 bits per heavy atom. The van der Waals surface area contributed by atoms with Gasteiger partial charge in [0.2, 0.25) is 0 Å². The number of amides is 1. The van der Waals surface area contributed by atoms with Crippen molar-refractivity contribution < 1.29 is 14.3 Å². The summed E-state index contributed by atoms with van der Waals surface area (Å²) in [7, 11) is 3.12. The topological polar surface area (TPSA) is 65.4 Å². The van der Waals surface area contributed by atoms with Crippen LogP contribution >= 0.6 is 0 Å². The summed E-state index contributed by atoms with van der Waals surface area (Å²) in [6.45, 7) is 0. The van der Waals surface area contributed by atoms with E-state index in [0.29, 0.717) is 22.7 Å². The zero-order chi connectivity index (χ0) is 16.9. The molecule has 6 heteroatoms. The van der Waals surface area contributed by atoms with E-state index in [1.54, 1.807) is 55.4 Å². The molecular formula is C18H17N3O3.